The number of piperazine rings is 1. The molecule has 4 nitrogen and oxygen atoms in total. The highest BCUT2D eigenvalue weighted by Crippen LogP contribution is 2.35. The van der Waals surface area contributed by atoms with Gasteiger partial charge in [-0.15, -0.1) is 0 Å². The fraction of sp³-hybridized carbons (Fsp3) is 0.367. The lowest BCUT2D eigenvalue weighted by Crippen LogP contribution is -2.52. The lowest BCUT2D eigenvalue weighted by atomic mass is 9.87. The van der Waals surface area contributed by atoms with E-state index in [1.54, 1.807) is 0 Å². The van der Waals surface area contributed by atoms with Crippen molar-refractivity contribution in [2.24, 2.45) is 5.92 Å². The van der Waals surface area contributed by atoms with Crippen LogP contribution in [0.4, 0.5) is 0 Å². The Balaban J connectivity index is 1.22. The molecule has 2 aliphatic rings. The molecule has 0 saturated carbocycles. The minimum atomic E-state index is 0.0874. The third kappa shape index (κ3) is 5.57. The van der Waals surface area contributed by atoms with Gasteiger partial charge in [-0.25, -0.2) is 0 Å². The van der Waals surface area contributed by atoms with Crippen LogP contribution in [0, 0.1) is 5.92 Å². The molecule has 2 aliphatic heterocycles. The van der Waals surface area contributed by atoms with Crippen LogP contribution >= 0.6 is 0 Å². The minimum absolute atomic E-state index is 0.0874. The molecule has 1 amide bonds. The molecule has 3 aromatic carbocycles. The van der Waals surface area contributed by atoms with Crippen LogP contribution in [-0.4, -0.2) is 53.3 Å². The van der Waals surface area contributed by atoms with E-state index < -0.39 is 0 Å². The highest BCUT2D eigenvalue weighted by molar-refractivity contribution is 5.79. The zero-order valence-corrected chi connectivity index (χ0v) is 19.9. The van der Waals surface area contributed by atoms with E-state index in [0.29, 0.717) is 11.9 Å². The summed E-state index contributed by atoms with van der Waals surface area (Å²) in [7, 11) is 0. The van der Waals surface area contributed by atoms with Crippen molar-refractivity contribution in [1.29, 1.82) is 0 Å². The van der Waals surface area contributed by atoms with Gasteiger partial charge >= 0.3 is 0 Å². The Morgan fingerprint density at radius 3 is 1.85 bits per heavy atom. The molecular weight excluding hydrogens is 418 g/mol. The lowest BCUT2D eigenvalue weighted by molar-refractivity contribution is -0.140. The first-order chi connectivity index (χ1) is 16.8. The molecule has 176 valence electrons. The van der Waals surface area contributed by atoms with Crippen LogP contribution < -0.4 is 0 Å². The topological polar surface area (TPSA) is 26.8 Å². The Hall–Kier alpha value is -2.95. The van der Waals surface area contributed by atoms with E-state index in [0.717, 1.165) is 58.7 Å². The van der Waals surface area contributed by atoms with Gasteiger partial charge in [0.25, 0.3) is 0 Å². The zero-order valence-electron chi connectivity index (χ0n) is 19.9. The summed E-state index contributed by atoms with van der Waals surface area (Å²) >= 11 is 0. The first-order valence-electron chi connectivity index (χ1n) is 12.6. The average molecular weight is 454 g/mol. The second kappa shape index (κ2) is 11.0. The van der Waals surface area contributed by atoms with E-state index in [-0.39, 0.29) is 5.92 Å². The van der Waals surface area contributed by atoms with Gasteiger partial charge in [-0.1, -0.05) is 91.0 Å². The van der Waals surface area contributed by atoms with Gasteiger partial charge in [0.1, 0.15) is 0 Å². The quantitative estimate of drug-likeness (QED) is 0.526. The molecule has 0 N–H and O–H groups in total. The molecule has 0 bridgehead atoms. The number of likely N-dealkylation sites (tertiary alicyclic amines) is 1. The standard InChI is InChI=1S/C30H35N3O/c34-30(32-20-18-31(19-21-32)22-25-10-4-1-5-11-25)28-16-17-29(27-14-8-3-9-15-27)33(24-28)23-26-12-6-2-7-13-26/h1-15,28-29H,16-24H2. The van der Waals surface area contributed by atoms with Crippen molar-refractivity contribution >= 4 is 5.91 Å². The first kappa shape index (κ1) is 22.8. The number of amides is 1. The first-order valence-corrected chi connectivity index (χ1v) is 12.6. The van der Waals surface area contributed by atoms with Crippen LogP contribution in [0.5, 0.6) is 0 Å². The Labute approximate surface area is 203 Å². The van der Waals surface area contributed by atoms with Gasteiger partial charge in [0, 0.05) is 51.9 Å². The highest BCUT2D eigenvalue weighted by atomic mass is 16.2. The van der Waals surface area contributed by atoms with Crippen molar-refractivity contribution in [1.82, 2.24) is 14.7 Å². The molecule has 3 aromatic rings. The number of nitrogens with zero attached hydrogens (tertiary/aromatic N) is 3. The molecule has 0 radical (unpaired) electrons. The number of hydrogen-bond donors (Lipinski definition) is 0. The monoisotopic (exact) mass is 453 g/mol. The maximum absolute atomic E-state index is 13.5. The number of carbonyl (C=O) groups excluding carboxylic acids is 1. The van der Waals surface area contributed by atoms with Crippen LogP contribution in [0.3, 0.4) is 0 Å². The third-order valence-corrected chi connectivity index (χ3v) is 7.38. The summed E-state index contributed by atoms with van der Waals surface area (Å²) in [4.78, 5) is 20.7. The fourth-order valence-corrected chi connectivity index (χ4v) is 5.52. The predicted molar refractivity (Wildman–Crippen MR) is 137 cm³/mol. The van der Waals surface area contributed by atoms with Gasteiger partial charge < -0.3 is 4.90 Å². The number of rotatable bonds is 6. The third-order valence-electron chi connectivity index (χ3n) is 7.38. The molecule has 5 rings (SSSR count). The molecule has 34 heavy (non-hydrogen) atoms. The van der Waals surface area contributed by atoms with Gasteiger partial charge in [-0.3, -0.25) is 14.6 Å². The van der Waals surface area contributed by atoms with Crippen LogP contribution in [0.15, 0.2) is 91.0 Å². The van der Waals surface area contributed by atoms with Crippen molar-refractivity contribution in [3.63, 3.8) is 0 Å². The summed E-state index contributed by atoms with van der Waals surface area (Å²) in [5.41, 5.74) is 4.02. The second-order valence-corrected chi connectivity index (χ2v) is 9.70. The van der Waals surface area contributed by atoms with Crippen molar-refractivity contribution in [3.8, 4) is 0 Å². The van der Waals surface area contributed by atoms with Gasteiger partial charge in [0.2, 0.25) is 5.91 Å². The van der Waals surface area contributed by atoms with E-state index in [2.05, 4.69) is 106 Å². The maximum atomic E-state index is 13.5. The molecule has 2 saturated heterocycles. The van der Waals surface area contributed by atoms with Crippen LogP contribution in [0.1, 0.15) is 35.6 Å². The SMILES string of the molecule is O=C(C1CCC(c2ccccc2)N(Cc2ccccc2)C1)N1CCN(Cc2ccccc2)CC1. The van der Waals surface area contributed by atoms with Crippen molar-refractivity contribution in [3.05, 3.63) is 108 Å². The normalized spacial score (nSPS) is 21.9. The molecule has 2 unspecified atom stereocenters. The predicted octanol–water partition coefficient (Wildman–Crippen LogP) is 4.98. The van der Waals surface area contributed by atoms with Crippen LogP contribution in [0.25, 0.3) is 0 Å². The van der Waals surface area contributed by atoms with Crippen LogP contribution in [-0.2, 0) is 17.9 Å². The largest absolute Gasteiger partial charge is 0.340 e. The summed E-state index contributed by atoms with van der Waals surface area (Å²) in [6.07, 6.45) is 2.00. The Kier molecular flexibility index (Phi) is 7.37. The van der Waals surface area contributed by atoms with Gasteiger partial charge in [0.05, 0.1) is 5.92 Å². The minimum Gasteiger partial charge on any atom is -0.340 e. The van der Waals surface area contributed by atoms with Crippen LogP contribution in [0.2, 0.25) is 0 Å². The summed E-state index contributed by atoms with van der Waals surface area (Å²) in [5.74, 6) is 0.438. The molecule has 4 heteroatoms. The molecule has 2 fully saturated rings. The van der Waals surface area contributed by atoms with E-state index in [9.17, 15) is 4.79 Å². The van der Waals surface area contributed by atoms with E-state index in [1.165, 1.54) is 16.7 Å². The Bertz CT molecular complexity index is 1030. The Morgan fingerprint density at radius 1 is 0.676 bits per heavy atom. The number of benzene rings is 3. The smallest absolute Gasteiger partial charge is 0.227 e. The second-order valence-electron chi connectivity index (χ2n) is 9.70. The van der Waals surface area contributed by atoms with Gasteiger partial charge in [-0.2, -0.15) is 0 Å². The van der Waals surface area contributed by atoms with E-state index >= 15 is 0 Å². The van der Waals surface area contributed by atoms with Crippen molar-refractivity contribution < 1.29 is 4.79 Å². The van der Waals surface area contributed by atoms with Crippen molar-refractivity contribution in [2.75, 3.05) is 32.7 Å². The summed E-state index contributed by atoms with van der Waals surface area (Å²) in [6, 6.07) is 32.5. The lowest BCUT2D eigenvalue weighted by Gasteiger charge is -2.42. The van der Waals surface area contributed by atoms with Crippen molar-refractivity contribution in [2.45, 2.75) is 32.0 Å². The molecule has 2 heterocycles. The van der Waals surface area contributed by atoms with Gasteiger partial charge in [-0.05, 0) is 29.5 Å². The maximum Gasteiger partial charge on any atom is 0.227 e. The molecule has 0 aromatic heterocycles. The summed E-state index contributed by atoms with van der Waals surface area (Å²) in [6.45, 7) is 6.26. The van der Waals surface area contributed by atoms with E-state index in [1.807, 2.05) is 0 Å². The average Bonchev–Trinajstić information content (AvgIpc) is 2.90. The molecule has 0 aliphatic carbocycles. The summed E-state index contributed by atoms with van der Waals surface area (Å²) < 4.78 is 0. The fourth-order valence-electron chi connectivity index (χ4n) is 5.52. The van der Waals surface area contributed by atoms with E-state index in [4.69, 9.17) is 0 Å². The number of hydrogen-bond acceptors (Lipinski definition) is 3. The molecular formula is C30H35N3O. The molecule has 0 spiro atoms. The highest BCUT2D eigenvalue weighted by Gasteiger charge is 2.35. The zero-order chi connectivity index (χ0) is 23.2. The number of piperidine rings is 1. The number of carbonyl (C=O) groups is 1. The van der Waals surface area contributed by atoms with Gasteiger partial charge in [0.15, 0.2) is 0 Å². The molecule has 2 atom stereocenters. The summed E-state index contributed by atoms with van der Waals surface area (Å²) in [5, 5.41) is 0. The Morgan fingerprint density at radius 2 is 1.24 bits per heavy atom.